The van der Waals surface area contributed by atoms with E-state index < -0.39 is 0 Å². The number of halogens is 1. The van der Waals surface area contributed by atoms with E-state index in [9.17, 15) is 0 Å². The number of hydrogen-bond donors (Lipinski definition) is 1. The fourth-order valence-electron chi connectivity index (χ4n) is 1.61. The van der Waals surface area contributed by atoms with Crippen LogP contribution in [-0.2, 0) is 13.1 Å². The quantitative estimate of drug-likeness (QED) is 0.873. The third-order valence-electron chi connectivity index (χ3n) is 2.36. The smallest absolute Gasteiger partial charge is 0.169 e. The molecule has 0 radical (unpaired) electrons. The van der Waals surface area contributed by atoms with Gasteiger partial charge in [-0.25, -0.2) is 9.97 Å². The molecule has 0 unspecified atom stereocenters. The normalized spacial score (nSPS) is 14.2. The van der Waals surface area contributed by atoms with Crippen molar-refractivity contribution in [1.82, 2.24) is 15.3 Å². The molecule has 2 aromatic rings. The molecule has 0 bridgehead atoms. The highest BCUT2D eigenvalue weighted by atomic mass is 79.9. The Kier molecular flexibility index (Phi) is 2.31. The van der Waals surface area contributed by atoms with E-state index >= 15 is 0 Å². The average molecular weight is 282 g/mol. The molecular formula is C10H8BrN3S. The van der Waals surface area contributed by atoms with Crippen LogP contribution in [0.2, 0.25) is 0 Å². The van der Waals surface area contributed by atoms with Crippen LogP contribution in [0.15, 0.2) is 22.1 Å². The standard InChI is InChI=1S/C10H8BrN3S/c11-9-2-1-8(15-9)10-13-4-6-3-12-5-7(6)14-10/h1-2,4,12H,3,5H2. The lowest BCUT2D eigenvalue weighted by Gasteiger charge is -1.99. The molecule has 0 fully saturated rings. The summed E-state index contributed by atoms with van der Waals surface area (Å²) in [6, 6.07) is 4.06. The highest BCUT2D eigenvalue weighted by Crippen LogP contribution is 2.29. The lowest BCUT2D eigenvalue weighted by Crippen LogP contribution is -2.00. The van der Waals surface area contributed by atoms with E-state index in [1.807, 2.05) is 18.3 Å². The van der Waals surface area contributed by atoms with Crippen molar-refractivity contribution in [2.45, 2.75) is 13.1 Å². The molecule has 3 rings (SSSR count). The van der Waals surface area contributed by atoms with Gasteiger partial charge in [0.05, 0.1) is 14.4 Å². The largest absolute Gasteiger partial charge is 0.307 e. The Bertz CT molecular complexity index is 509. The summed E-state index contributed by atoms with van der Waals surface area (Å²) in [5, 5.41) is 3.26. The summed E-state index contributed by atoms with van der Waals surface area (Å²) in [6.07, 6.45) is 1.92. The Labute approximate surface area is 99.7 Å². The molecule has 1 aliphatic rings. The minimum atomic E-state index is 0.827. The number of nitrogens with zero attached hydrogens (tertiary/aromatic N) is 2. The minimum Gasteiger partial charge on any atom is -0.307 e. The Hall–Kier alpha value is -0.780. The van der Waals surface area contributed by atoms with Gasteiger partial charge in [0.2, 0.25) is 0 Å². The van der Waals surface area contributed by atoms with E-state index in [0.29, 0.717) is 0 Å². The van der Waals surface area contributed by atoms with E-state index in [4.69, 9.17) is 0 Å². The topological polar surface area (TPSA) is 37.8 Å². The lowest BCUT2D eigenvalue weighted by atomic mass is 10.3. The van der Waals surface area contributed by atoms with Crippen LogP contribution in [0, 0.1) is 0 Å². The monoisotopic (exact) mass is 281 g/mol. The molecule has 0 saturated carbocycles. The van der Waals surface area contributed by atoms with Crippen LogP contribution in [0.25, 0.3) is 10.7 Å². The van der Waals surface area contributed by atoms with Gasteiger partial charge in [0.1, 0.15) is 0 Å². The first kappa shape index (κ1) is 9.45. The zero-order valence-electron chi connectivity index (χ0n) is 7.83. The Morgan fingerprint density at radius 1 is 1.33 bits per heavy atom. The van der Waals surface area contributed by atoms with E-state index in [1.54, 1.807) is 11.3 Å². The van der Waals surface area contributed by atoms with Gasteiger partial charge in [0, 0.05) is 24.8 Å². The molecule has 5 heteroatoms. The summed E-state index contributed by atoms with van der Waals surface area (Å²) in [4.78, 5) is 10.0. The Morgan fingerprint density at radius 2 is 2.27 bits per heavy atom. The number of fused-ring (bicyclic) bond motifs is 1. The molecule has 1 N–H and O–H groups in total. The van der Waals surface area contributed by atoms with Crippen molar-refractivity contribution in [2.24, 2.45) is 0 Å². The van der Waals surface area contributed by atoms with Gasteiger partial charge >= 0.3 is 0 Å². The summed E-state index contributed by atoms with van der Waals surface area (Å²) in [7, 11) is 0. The Morgan fingerprint density at radius 3 is 3.07 bits per heavy atom. The maximum absolute atomic E-state index is 4.55. The molecule has 15 heavy (non-hydrogen) atoms. The van der Waals surface area contributed by atoms with Crippen LogP contribution in [0.4, 0.5) is 0 Å². The molecule has 2 aromatic heterocycles. The second-order valence-corrected chi connectivity index (χ2v) is 5.84. The van der Waals surface area contributed by atoms with Gasteiger partial charge in [-0.05, 0) is 28.1 Å². The summed E-state index contributed by atoms with van der Waals surface area (Å²) in [6.45, 7) is 1.75. The number of nitrogens with one attached hydrogen (secondary N) is 1. The first-order valence-electron chi connectivity index (χ1n) is 4.64. The molecule has 0 amide bonds. The average Bonchev–Trinajstić information content (AvgIpc) is 2.84. The Balaban J connectivity index is 2.06. The third kappa shape index (κ3) is 1.71. The third-order valence-corrected chi connectivity index (χ3v) is 3.98. The molecule has 0 aliphatic carbocycles. The number of hydrogen-bond acceptors (Lipinski definition) is 4. The molecule has 0 spiro atoms. The van der Waals surface area contributed by atoms with Crippen LogP contribution in [0.3, 0.4) is 0 Å². The molecule has 3 heterocycles. The second kappa shape index (κ2) is 3.66. The first-order valence-corrected chi connectivity index (χ1v) is 6.25. The van der Waals surface area contributed by atoms with E-state index in [0.717, 1.165) is 33.3 Å². The predicted molar refractivity (Wildman–Crippen MR) is 63.6 cm³/mol. The van der Waals surface area contributed by atoms with Gasteiger partial charge in [-0.2, -0.15) is 0 Å². The number of thiophene rings is 1. The molecule has 1 aliphatic heterocycles. The van der Waals surface area contributed by atoms with Crippen LogP contribution < -0.4 is 5.32 Å². The maximum atomic E-state index is 4.55. The first-order chi connectivity index (χ1) is 7.33. The van der Waals surface area contributed by atoms with Gasteiger partial charge in [0.25, 0.3) is 0 Å². The molecule has 0 aromatic carbocycles. The van der Waals surface area contributed by atoms with Gasteiger partial charge < -0.3 is 5.32 Å². The zero-order valence-corrected chi connectivity index (χ0v) is 10.2. The maximum Gasteiger partial charge on any atom is 0.169 e. The highest BCUT2D eigenvalue weighted by molar-refractivity contribution is 9.11. The van der Waals surface area contributed by atoms with Crippen molar-refractivity contribution < 1.29 is 0 Å². The van der Waals surface area contributed by atoms with Crippen molar-refractivity contribution in [3.63, 3.8) is 0 Å². The fraction of sp³-hybridized carbons (Fsp3) is 0.200. The van der Waals surface area contributed by atoms with E-state index in [-0.39, 0.29) is 0 Å². The molecule has 0 atom stereocenters. The highest BCUT2D eigenvalue weighted by Gasteiger charge is 2.14. The summed E-state index contributed by atoms with van der Waals surface area (Å²) in [5.41, 5.74) is 2.35. The number of rotatable bonds is 1. The van der Waals surface area contributed by atoms with E-state index in [2.05, 4.69) is 31.2 Å². The molecular weight excluding hydrogens is 274 g/mol. The summed E-state index contributed by atoms with van der Waals surface area (Å²) in [5.74, 6) is 0.827. The summed E-state index contributed by atoms with van der Waals surface area (Å²) >= 11 is 5.10. The zero-order chi connectivity index (χ0) is 10.3. The minimum absolute atomic E-state index is 0.827. The van der Waals surface area contributed by atoms with Crippen LogP contribution in [0.1, 0.15) is 11.3 Å². The summed E-state index contributed by atoms with van der Waals surface area (Å²) < 4.78 is 1.11. The molecule has 3 nitrogen and oxygen atoms in total. The van der Waals surface area contributed by atoms with Crippen LogP contribution in [-0.4, -0.2) is 9.97 Å². The van der Waals surface area contributed by atoms with Crippen molar-refractivity contribution in [1.29, 1.82) is 0 Å². The van der Waals surface area contributed by atoms with Gasteiger partial charge in [0.15, 0.2) is 5.82 Å². The predicted octanol–water partition coefficient (Wildman–Crippen LogP) is 2.57. The molecule has 0 saturated heterocycles. The van der Waals surface area contributed by atoms with Crippen LogP contribution in [0.5, 0.6) is 0 Å². The van der Waals surface area contributed by atoms with Gasteiger partial charge in [-0.3, -0.25) is 0 Å². The van der Waals surface area contributed by atoms with Gasteiger partial charge in [-0.1, -0.05) is 0 Å². The van der Waals surface area contributed by atoms with Crippen molar-refractivity contribution in [3.05, 3.63) is 33.4 Å². The molecule has 76 valence electrons. The van der Waals surface area contributed by atoms with Gasteiger partial charge in [-0.15, -0.1) is 11.3 Å². The van der Waals surface area contributed by atoms with Crippen molar-refractivity contribution in [3.8, 4) is 10.7 Å². The van der Waals surface area contributed by atoms with Crippen molar-refractivity contribution in [2.75, 3.05) is 0 Å². The lowest BCUT2D eigenvalue weighted by molar-refractivity contribution is 0.758. The SMILES string of the molecule is Brc1ccc(-c2ncc3c(n2)CNC3)s1. The van der Waals surface area contributed by atoms with E-state index in [1.165, 1.54) is 5.56 Å². The number of aromatic nitrogens is 2. The van der Waals surface area contributed by atoms with Crippen LogP contribution >= 0.6 is 27.3 Å². The fourth-order valence-corrected chi connectivity index (χ4v) is 2.94. The van der Waals surface area contributed by atoms with Crippen molar-refractivity contribution >= 4 is 27.3 Å². The second-order valence-electron chi connectivity index (χ2n) is 3.37.